The van der Waals surface area contributed by atoms with Crippen LogP contribution in [-0.4, -0.2) is 37.9 Å². The van der Waals surface area contributed by atoms with Gasteiger partial charge in [0.05, 0.1) is 12.2 Å². The number of methoxy groups -OCH3 is 1. The fourth-order valence-corrected chi connectivity index (χ4v) is 1.55. The SMILES string of the molecule is CCN(CCOC)c1ccc(C(=O)O)c(F)c1. The molecule has 0 bridgehead atoms. The fourth-order valence-electron chi connectivity index (χ4n) is 1.55. The summed E-state index contributed by atoms with van der Waals surface area (Å²) in [7, 11) is 1.60. The van der Waals surface area contributed by atoms with Crippen molar-refractivity contribution in [2.75, 3.05) is 31.7 Å². The van der Waals surface area contributed by atoms with E-state index < -0.39 is 11.8 Å². The molecule has 0 unspecified atom stereocenters. The van der Waals surface area contributed by atoms with Gasteiger partial charge in [0.25, 0.3) is 0 Å². The van der Waals surface area contributed by atoms with E-state index in [-0.39, 0.29) is 5.56 Å². The van der Waals surface area contributed by atoms with Crippen LogP contribution in [0.4, 0.5) is 10.1 Å². The molecule has 0 saturated heterocycles. The summed E-state index contributed by atoms with van der Waals surface area (Å²) >= 11 is 0. The summed E-state index contributed by atoms with van der Waals surface area (Å²) in [5, 5.41) is 8.72. The fraction of sp³-hybridized carbons (Fsp3) is 0.417. The third-order valence-electron chi connectivity index (χ3n) is 2.50. The number of rotatable bonds is 6. The highest BCUT2D eigenvalue weighted by Crippen LogP contribution is 2.18. The van der Waals surface area contributed by atoms with Crippen molar-refractivity contribution >= 4 is 11.7 Å². The maximum Gasteiger partial charge on any atom is 0.338 e. The van der Waals surface area contributed by atoms with Gasteiger partial charge in [-0.1, -0.05) is 0 Å². The van der Waals surface area contributed by atoms with Crippen molar-refractivity contribution in [3.05, 3.63) is 29.6 Å². The Hall–Kier alpha value is -1.62. The second kappa shape index (κ2) is 6.20. The van der Waals surface area contributed by atoms with E-state index in [1.807, 2.05) is 11.8 Å². The van der Waals surface area contributed by atoms with Crippen LogP contribution in [0.3, 0.4) is 0 Å². The molecule has 0 fully saturated rings. The molecule has 0 saturated carbocycles. The maximum atomic E-state index is 13.5. The zero-order valence-corrected chi connectivity index (χ0v) is 9.94. The molecule has 0 aliphatic rings. The molecular formula is C12H16FNO3. The van der Waals surface area contributed by atoms with Crippen LogP contribution in [-0.2, 0) is 4.74 Å². The van der Waals surface area contributed by atoms with Gasteiger partial charge in [0.1, 0.15) is 5.82 Å². The van der Waals surface area contributed by atoms with Crippen LogP contribution >= 0.6 is 0 Å². The van der Waals surface area contributed by atoms with Crippen molar-refractivity contribution in [1.82, 2.24) is 0 Å². The van der Waals surface area contributed by atoms with Crippen molar-refractivity contribution in [1.29, 1.82) is 0 Å². The molecule has 0 aliphatic carbocycles. The van der Waals surface area contributed by atoms with Crippen LogP contribution in [0.1, 0.15) is 17.3 Å². The third-order valence-corrected chi connectivity index (χ3v) is 2.50. The molecule has 4 nitrogen and oxygen atoms in total. The number of halogens is 1. The minimum Gasteiger partial charge on any atom is -0.478 e. The van der Waals surface area contributed by atoms with E-state index in [9.17, 15) is 9.18 Å². The monoisotopic (exact) mass is 241 g/mol. The highest BCUT2D eigenvalue weighted by Gasteiger charge is 2.12. The number of aromatic carboxylic acids is 1. The lowest BCUT2D eigenvalue weighted by molar-refractivity contribution is 0.0692. The largest absolute Gasteiger partial charge is 0.478 e. The first-order chi connectivity index (χ1) is 8.10. The Morgan fingerprint density at radius 2 is 2.24 bits per heavy atom. The number of hydrogen-bond donors (Lipinski definition) is 1. The lowest BCUT2D eigenvalue weighted by atomic mass is 10.2. The number of hydrogen-bond acceptors (Lipinski definition) is 3. The molecular weight excluding hydrogens is 225 g/mol. The van der Waals surface area contributed by atoms with E-state index in [1.54, 1.807) is 13.2 Å². The van der Waals surface area contributed by atoms with E-state index in [2.05, 4.69) is 0 Å². The van der Waals surface area contributed by atoms with Crippen LogP contribution in [0.15, 0.2) is 18.2 Å². The zero-order valence-electron chi connectivity index (χ0n) is 9.94. The zero-order chi connectivity index (χ0) is 12.8. The van der Waals surface area contributed by atoms with Gasteiger partial charge in [0, 0.05) is 25.9 Å². The quantitative estimate of drug-likeness (QED) is 0.827. The molecule has 1 aromatic carbocycles. The Bertz CT molecular complexity index is 395. The highest BCUT2D eigenvalue weighted by molar-refractivity contribution is 5.88. The van der Waals surface area contributed by atoms with Crippen molar-refractivity contribution in [2.45, 2.75) is 6.92 Å². The number of likely N-dealkylation sites (N-methyl/N-ethyl adjacent to an activating group) is 1. The van der Waals surface area contributed by atoms with Crippen LogP contribution in [0.5, 0.6) is 0 Å². The van der Waals surface area contributed by atoms with Crippen molar-refractivity contribution < 1.29 is 19.0 Å². The Morgan fingerprint density at radius 3 is 2.71 bits per heavy atom. The van der Waals surface area contributed by atoms with Gasteiger partial charge in [-0.15, -0.1) is 0 Å². The molecule has 1 rings (SSSR count). The lowest BCUT2D eigenvalue weighted by Crippen LogP contribution is -2.27. The number of ether oxygens (including phenoxy) is 1. The van der Waals surface area contributed by atoms with Crippen LogP contribution in [0.25, 0.3) is 0 Å². The Kier molecular flexibility index (Phi) is 4.90. The average molecular weight is 241 g/mol. The number of carboxylic acids is 1. The predicted molar refractivity (Wildman–Crippen MR) is 63.1 cm³/mol. The summed E-state index contributed by atoms with van der Waals surface area (Å²) in [6.07, 6.45) is 0. The van der Waals surface area contributed by atoms with Crippen molar-refractivity contribution in [3.63, 3.8) is 0 Å². The molecule has 5 heteroatoms. The number of nitrogens with zero attached hydrogens (tertiary/aromatic N) is 1. The maximum absolute atomic E-state index is 13.5. The molecule has 1 N–H and O–H groups in total. The molecule has 0 radical (unpaired) electrons. The molecule has 0 aliphatic heterocycles. The summed E-state index contributed by atoms with van der Waals surface area (Å²) in [6, 6.07) is 4.12. The number of benzene rings is 1. The van der Waals surface area contributed by atoms with Gasteiger partial charge >= 0.3 is 5.97 Å². The van der Waals surface area contributed by atoms with E-state index in [4.69, 9.17) is 9.84 Å². The average Bonchev–Trinajstić information content (AvgIpc) is 2.29. The number of carbonyl (C=O) groups is 1. The molecule has 17 heavy (non-hydrogen) atoms. The smallest absolute Gasteiger partial charge is 0.338 e. The van der Waals surface area contributed by atoms with Crippen molar-refractivity contribution in [2.24, 2.45) is 0 Å². The molecule has 0 amide bonds. The van der Waals surface area contributed by atoms with Crippen LogP contribution in [0.2, 0.25) is 0 Å². The molecule has 0 aromatic heterocycles. The second-order valence-electron chi connectivity index (χ2n) is 3.54. The molecule has 0 atom stereocenters. The van der Waals surface area contributed by atoms with Gasteiger partial charge in [0.15, 0.2) is 0 Å². The first-order valence-corrected chi connectivity index (χ1v) is 5.36. The first-order valence-electron chi connectivity index (χ1n) is 5.36. The van der Waals surface area contributed by atoms with Gasteiger partial charge < -0.3 is 14.7 Å². The van der Waals surface area contributed by atoms with Gasteiger partial charge in [-0.3, -0.25) is 0 Å². The van der Waals surface area contributed by atoms with E-state index >= 15 is 0 Å². The molecule has 94 valence electrons. The first kappa shape index (κ1) is 13.4. The van der Waals surface area contributed by atoms with Crippen LogP contribution < -0.4 is 4.90 Å². The van der Waals surface area contributed by atoms with Gasteiger partial charge in [0.2, 0.25) is 0 Å². The van der Waals surface area contributed by atoms with Crippen LogP contribution in [0, 0.1) is 5.82 Å². The number of anilines is 1. The summed E-state index contributed by atoms with van der Waals surface area (Å²) < 4.78 is 18.4. The summed E-state index contributed by atoms with van der Waals surface area (Å²) in [5.74, 6) is -1.97. The second-order valence-corrected chi connectivity index (χ2v) is 3.54. The molecule has 1 aromatic rings. The van der Waals surface area contributed by atoms with Gasteiger partial charge in [-0.05, 0) is 25.1 Å². The van der Waals surface area contributed by atoms with Gasteiger partial charge in [-0.25, -0.2) is 9.18 Å². The number of carboxylic acid groups (broad SMARTS) is 1. The Morgan fingerprint density at radius 1 is 1.53 bits per heavy atom. The van der Waals surface area contributed by atoms with E-state index in [0.717, 1.165) is 0 Å². The standard InChI is InChI=1S/C12H16FNO3/c1-3-14(6-7-17-2)9-4-5-10(12(15)16)11(13)8-9/h4-5,8H,3,6-7H2,1-2H3,(H,15,16). The normalized spacial score (nSPS) is 10.3. The molecule has 0 spiro atoms. The van der Waals surface area contributed by atoms with E-state index in [1.165, 1.54) is 12.1 Å². The summed E-state index contributed by atoms with van der Waals surface area (Å²) in [5.41, 5.74) is 0.351. The summed E-state index contributed by atoms with van der Waals surface area (Å²) in [6.45, 7) is 3.82. The highest BCUT2D eigenvalue weighted by atomic mass is 19.1. The van der Waals surface area contributed by atoms with Crippen molar-refractivity contribution in [3.8, 4) is 0 Å². The minimum atomic E-state index is -1.26. The minimum absolute atomic E-state index is 0.309. The topological polar surface area (TPSA) is 49.8 Å². The third kappa shape index (κ3) is 3.42. The predicted octanol–water partition coefficient (Wildman–Crippen LogP) is 2.00. The van der Waals surface area contributed by atoms with E-state index in [0.29, 0.717) is 25.4 Å². The Labute approximate surface area is 99.6 Å². The van der Waals surface area contributed by atoms with Gasteiger partial charge in [-0.2, -0.15) is 0 Å². The molecule has 0 heterocycles. The Balaban J connectivity index is 2.90. The summed E-state index contributed by atoms with van der Waals surface area (Å²) in [4.78, 5) is 12.6. The lowest BCUT2D eigenvalue weighted by Gasteiger charge is -2.22.